The van der Waals surface area contributed by atoms with Crippen molar-refractivity contribution in [1.29, 1.82) is 0 Å². The Kier molecular flexibility index (Phi) is 4.20. The Morgan fingerprint density at radius 3 is 2.75 bits per heavy atom. The summed E-state index contributed by atoms with van der Waals surface area (Å²) < 4.78 is 0. The molecule has 8 heteroatoms. The van der Waals surface area contributed by atoms with Gasteiger partial charge in [0.1, 0.15) is 6.04 Å². The van der Waals surface area contributed by atoms with E-state index in [1.807, 2.05) is 0 Å². The van der Waals surface area contributed by atoms with Gasteiger partial charge in [0.15, 0.2) is 0 Å². The number of hydrogen-bond donors (Lipinski definition) is 3. The van der Waals surface area contributed by atoms with E-state index in [4.69, 9.17) is 5.11 Å². The van der Waals surface area contributed by atoms with Crippen LogP contribution in [0.15, 0.2) is 24.3 Å². The van der Waals surface area contributed by atoms with E-state index in [1.165, 1.54) is 4.90 Å². The highest BCUT2D eigenvalue weighted by molar-refractivity contribution is 6.10. The van der Waals surface area contributed by atoms with Crippen LogP contribution in [0.25, 0.3) is 0 Å². The number of benzene rings is 1. The van der Waals surface area contributed by atoms with Crippen LogP contribution in [-0.4, -0.2) is 52.3 Å². The third-order valence-electron chi connectivity index (χ3n) is 4.26. The molecule has 0 aliphatic carbocycles. The van der Waals surface area contributed by atoms with Crippen LogP contribution in [-0.2, 0) is 14.4 Å². The Morgan fingerprint density at radius 1 is 1.25 bits per heavy atom. The van der Waals surface area contributed by atoms with E-state index in [0.29, 0.717) is 24.2 Å². The molecule has 1 saturated heterocycles. The lowest BCUT2D eigenvalue weighted by Gasteiger charge is -2.24. The van der Waals surface area contributed by atoms with Crippen LogP contribution in [0.1, 0.15) is 29.6 Å². The zero-order valence-electron chi connectivity index (χ0n) is 12.8. The van der Waals surface area contributed by atoms with E-state index in [1.54, 1.807) is 24.3 Å². The van der Waals surface area contributed by atoms with Crippen molar-refractivity contribution >= 4 is 29.4 Å². The third kappa shape index (κ3) is 2.94. The number of nitrogens with one attached hydrogen (secondary N) is 2. The molecule has 3 rings (SSSR count). The third-order valence-corrected chi connectivity index (χ3v) is 4.26. The van der Waals surface area contributed by atoms with Crippen LogP contribution in [0.4, 0.5) is 5.69 Å². The molecule has 1 aromatic rings. The van der Waals surface area contributed by atoms with E-state index < -0.39 is 24.0 Å². The Labute approximate surface area is 137 Å². The molecule has 2 heterocycles. The van der Waals surface area contributed by atoms with Crippen molar-refractivity contribution in [1.82, 2.24) is 10.2 Å². The summed E-state index contributed by atoms with van der Waals surface area (Å²) in [6, 6.07) is 5.45. The van der Waals surface area contributed by atoms with Crippen molar-refractivity contribution in [3.63, 3.8) is 0 Å². The second-order valence-corrected chi connectivity index (χ2v) is 5.83. The van der Waals surface area contributed by atoms with Gasteiger partial charge in [-0.05, 0) is 18.6 Å². The largest absolute Gasteiger partial charge is 0.481 e. The first-order valence-corrected chi connectivity index (χ1v) is 7.69. The minimum Gasteiger partial charge on any atom is -0.481 e. The predicted octanol–water partition coefficient (Wildman–Crippen LogP) is 0.203. The molecule has 0 saturated carbocycles. The standard InChI is InChI=1S/C16H17N3O5/c20-12(5-6-13(21)22)17-11-7-8-19-14(11)15(23)18-10-4-2-1-3-9(10)16(19)24/h1-4,11,14H,5-8H2,(H,17,20)(H,18,23)(H,21,22). The van der Waals surface area contributed by atoms with Gasteiger partial charge in [-0.25, -0.2) is 0 Å². The number of amides is 3. The van der Waals surface area contributed by atoms with Gasteiger partial charge < -0.3 is 20.6 Å². The Balaban J connectivity index is 1.77. The zero-order chi connectivity index (χ0) is 17.3. The van der Waals surface area contributed by atoms with Gasteiger partial charge in [0.25, 0.3) is 5.91 Å². The fourth-order valence-corrected chi connectivity index (χ4v) is 3.13. The molecule has 8 nitrogen and oxygen atoms in total. The van der Waals surface area contributed by atoms with E-state index in [-0.39, 0.29) is 24.7 Å². The van der Waals surface area contributed by atoms with Crippen molar-refractivity contribution in [2.45, 2.75) is 31.3 Å². The molecule has 1 fully saturated rings. The van der Waals surface area contributed by atoms with Gasteiger partial charge in [0.05, 0.1) is 23.7 Å². The first kappa shape index (κ1) is 16.0. The number of carboxylic acid groups (broad SMARTS) is 1. The van der Waals surface area contributed by atoms with Gasteiger partial charge in [-0.1, -0.05) is 12.1 Å². The number of aliphatic carboxylic acids is 1. The number of carbonyl (C=O) groups is 4. The Hall–Kier alpha value is -2.90. The average Bonchev–Trinajstić information content (AvgIpc) is 2.92. The van der Waals surface area contributed by atoms with Crippen molar-refractivity contribution in [3.8, 4) is 0 Å². The molecule has 24 heavy (non-hydrogen) atoms. The number of hydrogen-bond acceptors (Lipinski definition) is 4. The molecule has 2 aliphatic rings. The van der Waals surface area contributed by atoms with E-state index in [9.17, 15) is 19.2 Å². The normalized spacial score (nSPS) is 22.2. The summed E-state index contributed by atoms with van der Waals surface area (Å²) in [4.78, 5) is 49.0. The topological polar surface area (TPSA) is 116 Å². The number of nitrogens with zero attached hydrogens (tertiary/aromatic N) is 1. The quantitative estimate of drug-likeness (QED) is 0.729. The van der Waals surface area contributed by atoms with Gasteiger partial charge in [-0.2, -0.15) is 0 Å². The Morgan fingerprint density at radius 2 is 2.00 bits per heavy atom. The van der Waals surface area contributed by atoms with Gasteiger partial charge in [-0.3, -0.25) is 19.2 Å². The summed E-state index contributed by atoms with van der Waals surface area (Å²) in [5, 5.41) is 14.0. The molecule has 0 radical (unpaired) electrons. The van der Waals surface area contributed by atoms with Crippen LogP contribution in [0, 0.1) is 0 Å². The van der Waals surface area contributed by atoms with Gasteiger partial charge >= 0.3 is 5.97 Å². The SMILES string of the molecule is O=C(O)CCC(=O)NC1CCN2C(=O)c3ccccc3NC(=O)C12. The monoisotopic (exact) mass is 331 g/mol. The maximum atomic E-state index is 12.7. The molecule has 126 valence electrons. The summed E-state index contributed by atoms with van der Waals surface area (Å²) in [6.45, 7) is 0.356. The smallest absolute Gasteiger partial charge is 0.303 e. The lowest BCUT2D eigenvalue weighted by atomic mass is 10.1. The fraction of sp³-hybridized carbons (Fsp3) is 0.375. The van der Waals surface area contributed by atoms with Crippen LogP contribution >= 0.6 is 0 Å². The van der Waals surface area contributed by atoms with E-state index in [2.05, 4.69) is 10.6 Å². The van der Waals surface area contributed by atoms with Gasteiger partial charge in [0.2, 0.25) is 11.8 Å². The van der Waals surface area contributed by atoms with E-state index >= 15 is 0 Å². The molecule has 0 bridgehead atoms. The lowest BCUT2D eigenvalue weighted by Crippen LogP contribution is -2.51. The maximum Gasteiger partial charge on any atom is 0.303 e. The number of carboxylic acids is 1. The molecule has 0 spiro atoms. The molecule has 0 aromatic heterocycles. The molecule has 3 amide bonds. The highest BCUT2D eigenvalue weighted by Gasteiger charge is 2.45. The van der Waals surface area contributed by atoms with Crippen molar-refractivity contribution in [3.05, 3.63) is 29.8 Å². The molecule has 2 atom stereocenters. The zero-order valence-corrected chi connectivity index (χ0v) is 12.8. The molecule has 3 N–H and O–H groups in total. The van der Waals surface area contributed by atoms with Crippen molar-refractivity contribution < 1.29 is 24.3 Å². The summed E-state index contributed by atoms with van der Waals surface area (Å²) >= 11 is 0. The lowest BCUT2D eigenvalue weighted by molar-refractivity contribution is -0.139. The molecule has 2 aliphatic heterocycles. The fourth-order valence-electron chi connectivity index (χ4n) is 3.13. The highest BCUT2D eigenvalue weighted by atomic mass is 16.4. The summed E-state index contributed by atoms with van der Waals surface area (Å²) in [5.41, 5.74) is 0.879. The van der Waals surface area contributed by atoms with Crippen molar-refractivity contribution in [2.75, 3.05) is 11.9 Å². The second kappa shape index (κ2) is 6.31. The molecule has 2 unspecified atom stereocenters. The van der Waals surface area contributed by atoms with Crippen LogP contribution in [0.2, 0.25) is 0 Å². The van der Waals surface area contributed by atoms with E-state index in [0.717, 1.165) is 0 Å². The van der Waals surface area contributed by atoms with Crippen LogP contribution in [0.3, 0.4) is 0 Å². The number of fused-ring (bicyclic) bond motifs is 2. The molecular formula is C16H17N3O5. The second-order valence-electron chi connectivity index (χ2n) is 5.83. The van der Waals surface area contributed by atoms with Crippen LogP contribution < -0.4 is 10.6 Å². The average molecular weight is 331 g/mol. The minimum absolute atomic E-state index is 0.158. The first-order valence-electron chi connectivity index (χ1n) is 7.69. The van der Waals surface area contributed by atoms with Gasteiger partial charge in [0, 0.05) is 13.0 Å². The Bertz CT molecular complexity index is 717. The van der Waals surface area contributed by atoms with Gasteiger partial charge in [-0.15, -0.1) is 0 Å². The number of rotatable bonds is 4. The number of anilines is 1. The summed E-state index contributed by atoms with van der Waals surface area (Å²) in [7, 11) is 0. The summed E-state index contributed by atoms with van der Waals surface area (Å²) in [5.74, 6) is -2.10. The number of para-hydroxylation sites is 1. The predicted molar refractivity (Wildman–Crippen MR) is 83.3 cm³/mol. The number of carbonyl (C=O) groups excluding carboxylic acids is 3. The summed E-state index contributed by atoms with van der Waals surface area (Å²) in [6.07, 6.45) is 0.0165. The molecule has 1 aromatic carbocycles. The molecular weight excluding hydrogens is 314 g/mol. The highest BCUT2D eigenvalue weighted by Crippen LogP contribution is 2.28. The maximum absolute atomic E-state index is 12.7. The minimum atomic E-state index is -1.06. The first-order chi connectivity index (χ1) is 11.5. The van der Waals surface area contributed by atoms with Crippen LogP contribution in [0.5, 0.6) is 0 Å². The van der Waals surface area contributed by atoms with Crippen molar-refractivity contribution in [2.24, 2.45) is 0 Å².